The Hall–Kier alpha value is -4.99. The fourth-order valence-electron chi connectivity index (χ4n) is 4.13. The predicted molar refractivity (Wildman–Crippen MR) is 136 cm³/mol. The van der Waals surface area contributed by atoms with Crippen LogP contribution in [0.2, 0.25) is 0 Å². The molecule has 0 aliphatic rings. The highest BCUT2D eigenvalue weighted by molar-refractivity contribution is 6.05. The van der Waals surface area contributed by atoms with E-state index in [1.165, 1.54) is 41.0 Å². The van der Waals surface area contributed by atoms with Gasteiger partial charge in [-0.2, -0.15) is 5.10 Å². The molecule has 0 fully saturated rings. The van der Waals surface area contributed by atoms with Crippen LogP contribution in [0.3, 0.4) is 0 Å². The molecule has 5 rings (SSSR count). The van der Waals surface area contributed by atoms with E-state index in [1.54, 1.807) is 38.2 Å². The lowest BCUT2D eigenvalue weighted by Crippen LogP contribution is -2.31. The molecule has 0 saturated heterocycles. The van der Waals surface area contributed by atoms with Gasteiger partial charge in [-0.3, -0.25) is 19.3 Å². The molecule has 2 aromatic heterocycles. The van der Waals surface area contributed by atoms with Gasteiger partial charge in [-0.15, -0.1) is 0 Å². The van der Waals surface area contributed by atoms with Crippen molar-refractivity contribution < 1.29 is 18.3 Å². The molecule has 0 atom stereocenters. The number of carbonyl (C=O) groups excluding carboxylic acids is 1. The van der Waals surface area contributed by atoms with Crippen LogP contribution in [0.15, 0.2) is 71.7 Å². The summed E-state index contributed by atoms with van der Waals surface area (Å²) in [6, 6.07) is 14.2. The fourth-order valence-corrected chi connectivity index (χ4v) is 4.13. The largest absolute Gasteiger partial charge is 0.452 e. The highest BCUT2D eigenvalue weighted by Gasteiger charge is 2.19. The summed E-state index contributed by atoms with van der Waals surface area (Å²) in [6.07, 6.45) is 1.59. The van der Waals surface area contributed by atoms with Crippen LogP contribution in [0.25, 0.3) is 16.6 Å². The Morgan fingerprint density at radius 3 is 2.51 bits per heavy atom. The lowest BCUT2D eigenvalue weighted by atomic mass is 10.1. The average Bonchev–Trinajstić information content (AvgIpc) is 3.29. The third-order valence-electron chi connectivity index (χ3n) is 5.88. The van der Waals surface area contributed by atoms with Crippen LogP contribution in [0, 0.1) is 25.5 Å². The van der Waals surface area contributed by atoms with Crippen LogP contribution in [0.4, 0.5) is 20.2 Å². The van der Waals surface area contributed by atoms with E-state index in [4.69, 9.17) is 10.5 Å². The van der Waals surface area contributed by atoms with Crippen molar-refractivity contribution in [1.29, 1.82) is 0 Å². The van der Waals surface area contributed by atoms with Gasteiger partial charge >= 0.3 is 0 Å². The van der Waals surface area contributed by atoms with E-state index < -0.39 is 23.1 Å². The van der Waals surface area contributed by atoms with E-state index in [0.717, 1.165) is 11.5 Å². The molecule has 10 heteroatoms. The third-order valence-corrected chi connectivity index (χ3v) is 5.88. The van der Waals surface area contributed by atoms with E-state index in [0.29, 0.717) is 28.1 Å². The number of fused-ring (bicyclic) bond motifs is 1. The molecule has 2 heterocycles. The van der Waals surface area contributed by atoms with Crippen molar-refractivity contribution in [1.82, 2.24) is 14.8 Å². The number of aromatic nitrogens is 3. The minimum atomic E-state index is -0.742. The highest BCUT2D eigenvalue weighted by Crippen LogP contribution is 2.33. The summed E-state index contributed by atoms with van der Waals surface area (Å²) in [5, 5.41) is 10.0. The van der Waals surface area contributed by atoms with Gasteiger partial charge in [0.15, 0.2) is 17.3 Å². The van der Waals surface area contributed by atoms with Crippen molar-refractivity contribution in [3.8, 4) is 17.2 Å². The highest BCUT2D eigenvalue weighted by atomic mass is 19.1. The first-order chi connectivity index (χ1) is 17.7. The zero-order valence-corrected chi connectivity index (χ0v) is 19.8. The molecule has 37 heavy (non-hydrogen) atoms. The Morgan fingerprint density at radius 1 is 1.03 bits per heavy atom. The first-order valence-electron chi connectivity index (χ1n) is 11.2. The van der Waals surface area contributed by atoms with E-state index in [9.17, 15) is 18.4 Å². The zero-order chi connectivity index (χ0) is 26.3. The molecule has 0 saturated carbocycles. The Bertz CT molecular complexity index is 1730. The lowest BCUT2D eigenvalue weighted by molar-refractivity contribution is 0.102. The molecule has 0 aliphatic carbocycles. The predicted octanol–water partition coefficient (Wildman–Crippen LogP) is 5.24. The molecule has 1 amide bonds. The van der Waals surface area contributed by atoms with Crippen LogP contribution in [-0.4, -0.2) is 20.7 Å². The van der Waals surface area contributed by atoms with E-state index >= 15 is 0 Å². The minimum Gasteiger partial charge on any atom is -0.452 e. The van der Waals surface area contributed by atoms with Gasteiger partial charge in [0, 0.05) is 28.5 Å². The molecule has 0 bridgehead atoms. The molecule has 4 N–H and O–H groups in total. The van der Waals surface area contributed by atoms with Gasteiger partial charge in [0.1, 0.15) is 11.4 Å². The molecule has 3 aromatic carbocycles. The average molecular weight is 501 g/mol. The van der Waals surface area contributed by atoms with Crippen molar-refractivity contribution in [3.63, 3.8) is 0 Å². The second-order valence-electron chi connectivity index (χ2n) is 8.51. The third kappa shape index (κ3) is 4.52. The first-order valence-corrected chi connectivity index (χ1v) is 11.2. The topological polar surface area (TPSA) is 115 Å². The van der Waals surface area contributed by atoms with Crippen molar-refractivity contribution in [2.24, 2.45) is 0 Å². The molecule has 0 unspecified atom stereocenters. The maximum Gasteiger partial charge on any atom is 0.268 e. The number of H-pyrrole nitrogens is 1. The Morgan fingerprint density at radius 2 is 1.78 bits per heavy atom. The van der Waals surface area contributed by atoms with Crippen LogP contribution < -0.4 is 21.3 Å². The van der Waals surface area contributed by atoms with E-state index in [2.05, 4.69) is 15.5 Å². The van der Waals surface area contributed by atoms with Gasteiger partial charge < -0.3 is 15.8 Å². The Kier molecular flexibility index (Phi) is 5.92. The number of hydrogen-bond acceptors (Lipinski definition) is 5. The molecular formula is C27H21F2N5O3. The fraction of sp³-hybridized carbons (Fsp3) is 0.0741. The van der Waals surface area contributed by atoms with Gasteiger partial charge in [-0.1, -0.05) is 0 Å². The first kappa shape index (κ1) is 23.7. The molecule has 0 radical (unpaired) electrons. The number of hydrogen-bond donors (Lipinski definition) is 3. The number of anilines is 2. The number of nitrogens with one attached hydrogen (secondary N) is 2. The summed E-state index contributed by atoms with van der Waals surface area (Å²) < 4.78 is 35.2. The van der Waals surface area contributed by atoms with Crippen LogP contribution in [0.5, 0.6) is 11.5 Å². The molecule has 186 valence electrons. The number of ether oxygens (including phenoxy) is 1. The normalized spacial score (nSPS) is 11.0. The number of aromatic amines is 1. The van der Waals surface area contributed by atoms with Gasteiger partial charge in [-0.05, 0) is 74.0 Å². The summed E-state index contributed by atoms with van der Waals surface area (Å²) in [6.45, 7) is 3.35. The number of halogens is 2. The monoisotopic (exact) mass is 501 g/mol. The van der Waals surface area contributed by atoms with E-state index in [-0.39, 0.29) is 22.7 Å². The second kappa shape index (κ2) is 9.23. The van der Waals surface area contributed by atoms with Crippen molar-refractivity contribution >= 4 is 28.2 Å². The van der Waals surface area contributed by atoms with Gasteiger partial charge in [0.2, 0.25) is 0 Å². The van der Waals surface area contributed by atoms with Crippen LogP contribution in [-0.2, 0) is 0 Å². The second-order valence-corrected chi connectivity index (χ2v) is 8.51. The molecule has 5 aromatic rings. The number of nitrogen functional groups attached to an aromatic ring is 1. The van der Waals surface area contributed by atoms with Gasteiger partial charge in [0.05, 0.1) is 17.4 Å². The Labute approximate surface area is 209 Å². The molecule has 0 aliphatic heterocycles. The number of nitrogens with zero attached hydrogens (tertiary/aromatic N) is 2. The smallest absolute Gasteiger partial charge is 0.268 e. The Balaban J connectivity index is 1.41. The number of carbonyl (C=O) groups is 1. The SMILES string of the molecule is Cc1cc(C)n(-c2ccc(F)cc2)c(=O)c1C(=O)Nc1ccc(Oc2cc3cn[nH]c3cc2N)c(F)c1. The summed E-state index contributed by atoms with van der Waals surface area (Å²) in [7, 11) is 0. The zero-order valence-electron chi connectivity index (χ0n) is 19.8. The lowest BCUT2D eigenvalue weighted by Gasteiger charge is -2.15. The maximum absolute atomic E-state index is 14.9. The summed E-state index contributed by atoms with van der Waals surface area (Å²) in [5.74, 6) is -1.74. The molecule has 8 nitrogen and oxygen atoms in total. The molecule has 0 spiro atoms. The number of pyridine rings is 1. The summed E-state index contributed by atoms with van der Waals surface area (Å²) in [4.78, 5) is 26.3. The number of benzene rings is 3. The summed E-state index contributed by atoms with van der Waals surface area (Å²) in [5.41, 5.74) is 7.88. The minimum absolute atomic E-state index is 0.0993. The number of aryl methyl sites for hydroxylation is 2. The molecular weight excluding hydrogens is 480 g/mol. The standard InChI is InChI=1S/C27H21F2N5O3/c1-14-9-15(2)34(19-6-3-17(28)4-7-19)27(36)25(14)26(35)32-18-5-8-23(20(29)11-18)37-24-10-16-13-31-33-22(16)12-21(24)30/h3-13H,30H2,1-2H3,(H,31,33)(H,32,35). The van der Waals surface area contributed by atoms with Gasteiger partial charge in [0.25, 0.3) is 11.5 Å². The quantitative estimate of drug-likeness (QED) is 0.285. The van der Waals surface area contributed by atoms with Gasteiger partial charge in [-0.25, -0.2) is 8.78 Å². The van der Waals surface area contributed by atoms with Crippen molar-refractivity contribution in [2.75, 3.05) is 11.1 Å². The van der Waals surface area contributed by atoms with Crippen LogP contribution >= 0.6 is 0 Å². The van der Waals surface area contributed by atoms with E-state index in [1.807, 2.05) is 0 Å². The number of amides is 1. The van der Waals surface area contributed by atoms with Crippen molar-refractivity contribution in [3.05, 3.63) is 106 Å². The summed E-state index contributed by atoms with van der Waals surface area (Å²) >= 11 is 0. The number of rotatable bonds is 5. The number of nitrogens with two attached hydrogens (primary N) is 1. The van der Waals surface area contributed by atoms with Crippen molar-refractivity contribution in [2.45, 2.75) is 13.8 Å². The van der Waals surface area contributed by atoms with Crippen LogP contribution in [0.1, 0.15) is 21.6 Å². The maximum atomic E-state index is 14.9.